The van der Waals surface area contributed by atoms with Crippen LogP contribution in [0.3, 0.4) is 0 Å². The lowest BCUT2D eigenvalue weighted by atomic mass is 9.83. The fourth-order valence-corrected chi connectivity index (χ4v) is 3.79. The Morgan fingerprint density at radius 1 is 1.20 bits per heavy atom. The maximum atomic E-state index is 12.7. The molecule has 7 heteroatoms. The SMILES string of the molecule is [N-]=[N+]=N[C@@H](CC(=O)N1CCN(c2ccccc2)C1=O)C1CCCCC1. The highest BCUT2D eigenvalue weighted by molar-refractivity contribution is 6.04. The highest BCUT2D eigenvalue weighted by atomic mass is 16.2. The molecule has 1 aromatic rings. The summed E-state index contributed by atoms with van der Waals surface area (Å²) in [7, 11) is 0. The van der Waals surface area contributed by atoms with Crippen molar-refractivity contribution in [2.24, 2.45) is 11.0 Å². The molecule has 7 nitrogen and oxygen atoms in total. The van der Waals surface area contributed by atoms with Crippen LogP contribution in [-0.4, -0.2) is 36.0 Å². The molecule has 0 N–H and O–H groups in total. The van der Waals surface area contributed by atoms with Crippen molar-refractivity contribution in [3.63, 3.8) is 0 Å². The lowest BCUT2D eigenvalue weighted by molar-refractivity contribution is -0.128. The van der Waals surface area contributed by atoms with Crippen LogP contribution in [0.5, 0.6) is 0 Å². The molecule has 0 unspecified atom stereocenters. The number of azide groups is 1. The summed E-state index contributed by atoms with van der Waals surface area (Å²) in [5.41, 5.74) is 9.64. The number of hydrogen-bond donors (Lipinski definition) is 0. The number of rotatable bonds is 5. The predicted molar refractivity (Wildman–Crippen MR) is 95.0 cm³/mol. The number of para-hydroxylation sites is 1. The Kier molecular flexibility index (Phi) is 5.56. The Labute approximate surface area is 147 Å². The van der Waals surface area contributed by atoms with E-state index in [1.165, 1.54) is 11.3 Å². The molecule has 1 saturated heterocycles. The summed E-state index contributed by atoms with van der Waals surface area (Å²) in [5, 5.41) is 3.87. The highest BCUT2D eigenvalue weighted by Crippen LogP contribution is 2.30. The Morgan fingerprint density at radius 2 is 1.92 bits per heavy atom. The minimum absolute atomic E-state index is 0.114. The van der Waals surface area contributed by atoms with Gasteiger partial charge in [-0.3, -0.25) is 14.6 Å². The lowest BCUT2D eigenvalue weighted by Gasteiger charge is -2.27. The van der Waals surface area contributed by atoms with E-state index in [4.69, 9.17) is 5.53 Å². The van der Waals surface area contributed by atoms with Crippen LogP contribution in [0.1, 0.15) is 38.5 Å². The van der Waals surface area contributed by atoms with E-state index in [0.29, 0.717) is 13.1 Å². The smallest absolute Gasteiger partial charge is 0.292 e. The van der Waals surface area contributed by atoms with Gasteiger partial charge in [0.05, 0.1) is 0 Å². The first-order chi connectivity index (χ1) is 12.2. The number of imide groups is 1. The number of nitrogens with zero attached hydrogens (tertiary/aromatic N) is 5. The van der Waals surface area contributed by atoms with E-state index < -0.39 is 0 Å². The zero-order valence-corrected chi connectivity index (χ0v) is 14.3. The van der Waals surface area contributed by atoms with Crippen molar-refractivity contribution in [1.82, 2.24) is 4.90 Å². The molecular weight excluding hydrogens is 318 g/mol. The van der Waals surface area contributed by atoms with E-state index >= 15 is 0 Å². The summed E-state index contributed by atoms with van der Waals surface area (Å²) in [4.78, 5) is 31.1. The van der Waals surface area contributed by atoms with Crippen molar-refractivity contribution >= 4 is 17.6 Å². The number of urea groups is 1. The lowest BCUT2D eigenvalue weighted by Crippen LogP contribution is -2.38. The van der Waals surface area contributed by atoms with E-state index in [1.54, 1.807) is 4.90 Å². The first-order valence-corrected chi connectivity index (χ1v) is 8.92. The summed E-state index contributed by atoms with van der Waals surface area (Å²) in [6.07, 6.45) is 5.51. The molecule has 1 aromatic carbocycles. The molecule has 0 spiro atoms. The second-order valence-electron chi connectivity index (χ2n) is 6.69. The topological polar surface area (TPSA) is 89.4 Å². The summed E-state index contributed by atoms with van der Waals surface area (Å²) in [5.74, 6) is 0.00272. The molecule has 25 heavy (non-hydrogen) atoms. The Bertz CT molecular complexity index is 665. The van der Waals surface area contributed by atoms with Gasteiger partial charge in [0, 0.05) is 36.2 Å². The van der Waals surface area contributed by atoms with Crippen molar-refractivity contribution in [3.05, 3.63) is 40.8 Å². The number of benzene rings is 1. The molecule has 132 valence electrons. The van der Waals surface area contributed by atoms with E-state index in [1.807, 2.05) is 30.3 Å². The molecule has 2 fully saturated rings. The molecular formula is C18H23N5O2. The third-order valence-electron chi connectivity index (χ3n) is 5.16. The molecule has 2 aliphatic rings. The third-order valence-corrected chi connectivity index (χ3v) is 5.16. The normalized spacial score (nSPS) is 19.6. The largest absolute Gasteiger partial charge is 0.331 e. The zero-order valence-electron chi connectivity index (χ0n) is 14.3. The van der Waals surface area contributed by atoms with E-state index in [2.05, 4.69) is 10.0 Å². The van der Waals surface area contributed by atoms with Crippen LogP contribution in [0.2, 0.25) is 0 Å². The standard InChI is InChI=1S/C18H23N5O2/c19-21-20-16(14-7-3-1-4-8-14)13-17(24)23-12-11-22(18(23)25)15-9-5-2-6-10-15/h2,5-6,9-10,14,16H,1,3-4,7-8,11-13H2/t16-/m0/s1. The zero-order chi connectivity index (χ0) is 17.6. The average molecular weight is 341 g/mol. The van der Waals surface area contributed by atoms with Crippen molar-refractivity contribution in [3.8, 4) is 0 Å². The third kappa shape index (κ3) is 3.94. The van der Waals surface area contributed by atoms with Gasteiger partial charge in [0.1, 0.15) is 0 Å². The Hall–Kier alpha value is -2.53. The molecule has 0 bridgehead atoms. The number of amides is 3. The van der Waals surface area contributed by atoms with Crippen molar-refractivity contribution in [2.45, 2.75) is 44.6 Å². The minimum Gasteiger partial charge on any atom is -0.292 e. The maximum absolute atomic E-state index is 12.7. The van der Waals surface area contributed by atoms with Gasteiger partial charge in [0.2, 0.25) is 5.91 Å². The first-order valence-electron chi connectivity index (χ1n) is 8.92. The van der Waals surface area contributed by atoms with Crippen LogP contribution in [0.15, 0.2) is 35.4 Å². The fraction of sp³-hybridized carbons (Fsp3) is 0.556. The second kappa shape index (κ2) is 8.03. The minimum atomic E-state index is -0.351. The molecule has 1 aliphatic heterocycles. The van der Waals surface area contributed by atoms with Crippen LogP contribution in [-0.2, 0) is 4.79 Å². The van der Waals surface area contributed by atoms with Gasteiger partial charge in [-0.25, -0.2) is 4.79 Å². The van der Waals surface area contributed by atoms with E-state index in [-0.39, 0.29) is 30.3 Å². The predicted octanol–water partition coefficient (Wildman–Crippen LogP) is 4.10. The molecule has 3 amide bonds. The van der Waals surface area contributed by atoms with Crippen LogP contribution >= 0.6 is 0 Å². The van der Waals surface area contributed by atoms with Crippen LogP contribution in [0, 0.1) is 5.92 Å². The maximum Gasteiger partial charge on any atom is 0.331 e. The van der Waals surface area contributed by atoms with Crippen molar-refractivity contribution in [1.29, 1.82) is 0 Å². The Morgan fingerprint density at radius 3 is 2.60 bits per heavy atom. The molecule has 1 heterocycles. The molecule has 0 radical (unpaired) electrons. The van der Waals surface area contributed by atoms with Gasteiger partial charge < -0.3 is 0 Å². The molecule has 3 rings (SSSR count). The van der Waals surface area contributed by atoms with Gasteiger partial charge in [-0.2, -0.15) is 0 Å². The van der Waals surface area contributed by atoms with Gasteiger partial charge in [0.15, 0.2) is 0 Å². The van der Waals surface area contributed by atoms with Gasteiger partial charge in [-0.1, -0.05) is 55.4 Å². The fourth-order valence-electron chi connectivity index (χ4n) is 3.79. The number of carbonyl (C=O) groups excluding carboxylic acids is 2. The van der Waals surface area contributed by atoms with Gasteiger partial charge in [-0.05, 0) is 23.6 Å². The number of hydrogen-bond acceptors (Lipinski definition) is 3. The van der Waals surface area contributed by atoms with Gasteiger partial charge >= 0.3 is 6.03 Å². The van der Waals surface area contributed by atoms with Crippen LogP contribution in [0.4, 0.5) is 10.5 Å². The monoisotopic (exact) mass is 341 g/mol. The summed E-state index contributed by atoms with van der Waals surface area (Å²) in [6, 6.07) is 8.70. The van der Waals surface area contributed by atoms with Crippen LogP contribution in [0.25, 0.3) is 10.4 Å². The van der Waals surface area contributed by atoms with E-state index in [0.717, 1.165) is 31.4 Å². The van der Waals surface area contributed by atoms with Gasteiger partial charge in [0.25, 0.3) is 0 Å². The molecule has 1 aliphatic carbocycles. The second-order valence-corrected chi connectivity index (χ2v) is 6.69. The molecule has 0 aromatic heterocycles. The molecule has 1 saturated carbocycles. The summed E-state index contributed by atoms with van der Waals surface area (Å²) in [6.45, 7) is 0.865. The number of carbonyl (C=O) groups is 2. The van der Waals surface area contributed by atoms with Crippen molar-refractivity contribution < 1.29 is 9.59 Å². The van der Waals surface area contributed by atoms with E-state index in [9.17, 15) is 9.59 Å². The summed E-state index contributed by atoms with van der Waals surface area (Å²) >= 11 is 0. The molecule has 1 atom stereocenters. The van der Waals surface area contributed by atoms with Gasteiger partial charge in [-0.15, -0.1) is 0 Å². The van der Waals surface area contributed by atoms with Crippen molar-refractivity contribution in [2.75, 3.05) is 18.0 Å². The quantitative estimate of drug-likeness (QED) is 0.458. The van der Waals surface area contributed by atoms with Crippen LogP contribution < -0.4 is 4.90 Å². The highest BCUT2D eigenvalue weighted by Gasteiger charge is 2.35. The first kappa shape index (κ1) is 17.3. The Balaban J connectivity index is 1.66. The average Bonchev–Trinajstić information content (AvgIpc) is 3.04. The number of anilines is 1. The summed E-state index contributed by atoms with van der Waals surface area (Å²) < 4.78 is 0.